The highest BCUT2D eigenvalue weighted by atomic mass is 19.4. The zero-order valence-corrected chi connectivity index (χ0v) is 21.1. The minimum atomic E-state index is -4.76. The first-order chi connectivity index (χ1) is 17.7. The molecule has 17 heteroatoms. The van der Waals surface area contributed by atoms with E-state index >= 15 is 0 Å². The van der Waals surface area contributed by atoms with Crippen LogP contribution in [0.1, 0.15) is 17.3 Å². The molecule has 0 aliphatic carbocycles. The zero-order chi connectivity index (χ0) is 28.0. The van der Waals surface area contributed by atoms with Gasteiger partial charge in [0.1, 0.15) is 53.0 Å². The first-order valence-electron chi connectivity index (χ1n) is 11.7. The zero-order valence-electron chi connectivity index (χ0n) is 21.1. The van der Waals surface area contributed by atoms with Crippen molar-refractivity contribution >= 4 is 46.7 Å². The lowest BCUT2D eigenvalue weighted by Crippen LogP contribution is -2.44. The molecule has 38 heavy (non-hydrogen) atoms. The third kappa shape index (κ3) is 5.55. The summed E-state index contributed by atoms with van der Waals surface area (Å²) in [5.74, 6) is -4.08. The number of pyridine rings is 1. The molecule has 4 rings (SSSR count). The molecule has 1 aliphatic rings. The normalized spacial score (nSPS) is 18.9. The Kier molecular flexibility index (Phi) is 7.06. The maximum absolute atomic E-state index is 14.8. The number of aromatic nitrogens is 4. The smallest absolute Gasteiger partial charge is 0.400 e. The topological polar surface area (TPSA) is 128 Å². The molecule has 3 aromatic heterocycles. The number of nitrogens with zero attached hydrogens (tertiary/aromatic N) is 5. The van der Waals surface area contributed by atoms with Gasteiger partial charge in [-0.05, 0) is 25.1 Å². The van der Waals surface area contributed by atoms with E-state index in [1.54, 1.807) is 35.7 Å². The Morgan fingerprint density at radius 1 is 1.21 bits per heavy atom. The van der Waals surface area contributed by atoms with Crippen molar-refractivity contribution in [3.8, 4) is 17.1 Å². The van der Waals surface area contributed by atoms with Crippen LogP contribution in [0, 0.1) is 5.92 Å². The van der Waals surface area contributed by atoms with Crippen LogP contribution in [0.5, 0.6) is 5.88 Å². The largest absolute Gasteiger partial charge is 0.498 e. The van der Waals surface area contributed by atoms with Crippen LogP contribution in [0.2, 0.25) is 0 Å². The van der Waals surface area contributed by atoms with Crippen LogP contribution in [0.25, 0.3) is 16.8 Å². The first kappa shape index (κ1) is 27.3. The molecule has 0 radical (unpaired) electrons. The van der Waals surface area contributed by atoms with Gasteiger partial charge in [0.05, 0.1) is 18.3 Å². The number of rotatable bonds is 6. The number of nitrogen functional groups attached to an aromatic ring is 1. The van der Waals surface area contributed by atoms with Gasteiger partial charge in [-0.25, -0.2) is 18.9 Å². The van der Waals surface area contributed by atoms with E-state index in [2.05, 4.69) is 20.4 Å². The highest BCUT2D eigenvalue weighted by Crippen LogP contribution is 2.30. The number of nitrogens with two attached hydrogens (primary N) is 1. The number of hydrogen-bond donors (Lipinski definition) is 2. The van der Waals surface area contributed by atoms with Crippen LogP contribution in [0.4, 0.5) is 23.4 Å². The van der Waals surface area contributed by atoms with Crippen LogP contribution >= 0.6 is 0 Å². The van der Waals surface area contributed by atoms with Crippen molar-refractivity contribution in [2.45, 2.75) is 30.6 Å². The second-order valence-electron chi connectivity index (χ2n) is 10.1. The molecule has 10 nitrogen and oxygen atoms in total. The van der Waals surface area contributed by atoms with E-state index in [-0.39, 0.29) is 17.3 Å². The summed E-state index contributed by atoms with van der Waals surface area (Å²) in [5.41, 5.74) is 7.41. The fourth-order valence-corrected chi connectivity index (χ4v) is 4.04. The Labute approximate surface area is 217 Å². The molecular weight excluding hydrogens is 507 g/mol. The van der Waals surface area contributed by atoms with Crippen molar-refractivity contribution in [3.05, 3.63) is 36.3 Å². The molecular formula is C21H24B3F4N7O3. The fourth-order valence-electron chi connectivity index (χ4n) is 4.04. The average molecular weight is 531 g/mol. The van der Waals surface area contributed by atoms with Crippen molar-refractivity contribution in [3.63, 3.8) is 0 Å². The van der Waals surface area contributed by atoms with Gasteiger partial charge in [-0.1, -0.05) is 0 Å². The molecule has 0 bridgehead atoms. The maximum atomic E-state index is 14.8. The van der Waals surface area contributed by atoms with Crippen LogP contribution in [-0.4, -0.2) is 96.6 Å². The number of hydrogen-bond acceptors (Lipinski definition) is 7. The van der Waals surface area contributed by atoms with Gasteiger partial charge in [-0.3, -0.25) is 9.59 Å². The Hall–Kier alpha value is -3.78. The van der Waals surface area contributed by atoms with Gasteiger partial charge in [0.15, 0.2) is 5.82 Å². The maximum Gasteiger partial charge on any atom is 0.400 e. The number of anilines is 1. The number of likely N-dealkylation sites (tertiary alicyclic amines) is 1. The van der Waals surface area contributed by atoms with E-state index in [1.807, 2.05) is 0 Å². The van der Waals surface area contributed by atoms with Crippen LogP contribution in [0.15, 0.2) is 30.7 Å². The van der Waals surface area contributed by atoms with Crippen molar-refractivity contribution in [1.29, 1.82) is 0 Å². The van der Waals surface area contributed by atoms with Crippen molar-refractivity contribution < 1.29 is 31.9 Å². The quantitative estimate of drug-likeness (QED) is 0.301. The summed E-state index contributed by atoms with van der Waals surface area (Å²) in [6.07, 6.45) is -3.77. The van der Waals surface area contributed by atoms with E-state index in [1.165, 1.54) is 23.1 Å². The average Bonchev–Trinajstić information content (AvgIpc) is 3.41. The number of halogens is 4. The minimum Gasteiger partial charge on any atom is -0.498 e. The van der Waals surface area contributed by atoms with Crippen molar-refractivity contribution in [2.75, 3.05) is 18.8 Å². The van der Waals surface area contributed by atoms with Gasteiger partial charge in [0.25, 0.3) is 5.91 Å². The molecule has 0 aromatic carbocycles. The Morgan fingerprint density at radius 3 is 2.58 bits per heavy atom. The Morgan fingerprint density at radius 2 is 1.92 bits per heavy atom. The van der Waals surface area contributed by atoms with E-state index in [0.29, 0.717) is 16.8 Å². The lowest BCUT2D eigenvalue weighted by atomic mass is 9.52. The molecule has 1 fully saturated rings. The lowest BCUT2D eigenvalue weighted by Gasteiger charge is -2.24. The lowest BCUT2D eigenvalue weighted by molar-refractivity contribution is -0.185. The minimum absolute atomic E-state index is 0.0271. The molecule has 3 N–H and O–H groups in total. The van der Waals surface area contributed by atoms with E-state index < -0.39 is 54.5 Å². The number of carbonyl (C=O) groups excluding carboxylic acids is 2. The second-order valence-corrected chi connectivity index (χ2v) is 10.1. The molecule has 3 aromatic rings. The SMILES string of the molecule is BC(B)(B)Oc1ncc(-c2ccc3c(N)ncnn23)cc1C(=O)NC1CN(C(=O)C(C)C(F)(F)F)CC1F. The monoisotopic (exact) mass is 531 g/mol. The first-order valence-corrected chi connectivity index (χ1v) is 11.7. The summed E-state index contributed by atoms with van der Waals surface area (Å²) < 4.78 is 61.1. The predicted molar refractivity (Wildman–Crippen MR) is 138 cm³/mol. The predicted octanol–water partition coefficient (Wildman–Crippen LogP) is -1.26. The molecule has 2 amide bonds. The van der Waals surface area contributed by atoms with E-state index in [4.69, 9.17) is 10.5 Å². The number of nitrogens with one attached hydrogen (secondary N) is 1. The molecule has 0 saturated carbocycles. The van der Waals surface area contributed by atoms with Gasteiger partial charge >= 0.3 is 6.18 Å². The summed E-state index contributed by atoms with van der Waals surface area (Å²) in [7, 11) is 5.26. The summed E-state index contributed by atoms with van der Waals surface area (Å²) in [5, 5.41) is 5.94. The van der Waals surface area contributed by atoms with Gasteiger partial charge in [0.2, 0.25) is 11.8 Å². The van der Waals surface area contributed by atoms with Crippen LogP contribution < -0.4 is 15.8 Å². The number of amides is 2. The van der Waals surface area contributed by atoms with E-state index in [0.717, 1.165) is 11.8 Å². The molecule has 4 heterocycles. The Balaban J connectivity index is 1.63. The summed E-state index contributed by atoms with van der Waals surface area (Å²) in [6, 6.07) is 3.67. The third-order valence-electron chi connectivity index (χ3n) is 6.01. The summed E-state index contributed by atoms with van der Waals surface area (Å²) in [6.45, 7) is -0.252. The highest BCUT2D eigenvalue weighted by molar-refractivity contribution is 6.58. The molecule has 1 aliphatic heterocycles. The third-order valence-corrected chi connectivity index (χ3v) is 6.01. The molecule has 0 spiro atoms. The standard InChI is InChI=1S/C21H24B3F4N7O3/c1-9(20(26,27)28)19(37)34-6-12(25)13(7-34)33-17(36)11-4-10(5-30-18(11)38-21(22,23)24)14-2-3-15-16(29)31-8-32-35(14)15/h2-5,8-9,12-13H,6-7,22-24H2,1H3,(H,33,36)(H2,29,31,32). The van der Waals surface area contributed by atoms with Gasteiger partial charge in [0, 0.05) is 23.6 Å². The van der Waals surface area contributed by atoms with Crippen molar-refractivity contribution in [2.24, 2.45) is 5.92 Å². The number of carbonyl (C=O) groups is 2. The molecule has 1 saturated heterocycles. The molecule has 3 unspecified atom stereocenters. The van der Waals surface area contributed by atoms with Gasteiger partial charge < -0.3 is 20.7 Å². The van der Waals surface area contributed by atoms with Crippen LogP contribution in [0.3, 0.4) is 0 Å². The van der Waals surface area contributed by atoms with Crippen molar-refractivity contribution in [1.82, 2.24) is 29.8 Å². The number of fused-ring (bicyclic) bond motifs is 1. The summed E-state index contributed by atoms with van der Waals surface area (Å²) in [4.78, 5) is 34.6. The fraction of sp³-hybridized carbons (Fsp3) is 0.381. The Bertz CT molecular complexity index is 1380. The molecule has 3 atom stereocenters. The highest BCUT2D eigenvalue weighted by Gasteiger charge is 2.46. The van der Waals surface area contributed by atoms with Gasteiger partial charge in [-0.2, -0.15) is 18.3 Å². The number of ether oxygens (including phenoxy) is 1. The number of alkyl halides is 4. The second kappa shape index (κ2) is 9.84. The van der Waals surface area contributed by atoms with Gasteiger partial charge in [-0.15, -0.1) is 0 Å². The van der Waals surface area contributed by atoms with Crippen LogP contribution in [-0.2, 0) is 4.79 Å². The molecule has 198 valence electrons. The van der Waals surface area contributed by atoms with E-state index in [9.17, 15) is 27.2 Å². The summed E-state index contributed by atoms with van der Waals surface area (Å²) >= 11 is 0.